The molecule has 6 nitrogen and oxygen atoms in total. The highest BCUT2D eigenvalue weighted by Gasteiger charge is 2.21. The van der Waals surface area contributed by atoms with Crippen LogP contribution in [0.5, 0.6) is 0 Å². The largest absolute Gasteiger partial charge is 0.389 e. The predicted octanol–water partition coefficient (Wildman–Crippen LogP) is 2.13. The van der Waals surface area contributed by atoms with E-state index in [-0.39, 0.29) is 12.2 Å². The summed E-state index contributed by atoms with van der Waals surface area (Å²) in [4.78, 5) is 10.5. The van der Waals surface area contributed by atoms with Gasteiger partial charge < -0.3 is 15.2 Å². The standard InChI is InChI=1S/C13H19ClN2O4/c1-13(17,6-7-20-2)9-15-8-10-11(14)4-3-5-12(10)16(18)19/h3-5,15,17H,6-9H2,1-2H3. The van der Waals surface area contributed by atoms with Gasteiger partial charge in [-0.15, -0.1) is 0 Å². The van der Waals surface area contributed by atoms with Gasteiger partial charge in [-0.05, 0) is 13.0 Å². The maximum absolute atomic E-state index is 10.9. The molecule has 2 N–H and O–H groups in total. The summed E-state index contributed by atoms with van der Waals surface area (Å²) in [6, 6.07) is 4.55. The highest BCUT2D eigenvalue weighted by atomic mass is 35.5. The zero-order valence-corrected chi connectivity index (χ0v) is 12.3. The van der Waals surface area contributed by atoms with E-state index in [1.54, 1.807) is 26.2 Å². The molecule has 1 aromatic carbocycles. The van der Waals surface area contributed by atoms with E-state index in [9.17, 15) is 15.2 Å². The molecule has 0 spiro atoms. The van der Waals surface area contributed by atoms with Gasteiger partial charge in [0.05, 0.1) is 21.1 Å². The molecule has 0 aliphatic rings. The molecule has 0 fully saturated rings. The summed E-state index contributed by atoms with van der Waals surface area (Å²) >= 11 is 5.98. The third-order valence-electron chi connectivity index (χ3n) is 2.94. The van der Waals surface area contributed by atoms with Crippen LogP contribution in [0.1, 0.15) is 18.9 Å². The van der Waals surface area contributed by atoms with E-state index in [2.05, 4.69) is 5.32 Å². The summed E-state index contributed by atoms with van der Waals surface area (Å²) < 4.78 is 4.91. The Hall–Kier alpha value is -1.21. The van der Waals surface area contributed by atoms with Gasteiger partial charge in [0, 0.05) is 39.3 Å². The lowest BCUT2D eigenvalue weighted by molar-refractivity contribution is -0.385. The fraction of sp³-hybridized carbons (Fsp3) is 0.538. The number of ether oxygens (including phenoxy) is 1. The van der Waals surface area contributed by atoms with Crippen LogP contribution in [-0.2, 0) is 11.3 Å². The van der Waals surface area contributed by atoms with E-state index >= 15 is 0 Å². The molecule has 0 aliphatic carbocycles. The van der Waals surface area contributed by atoms with Gasteiger partial charge in [-0.3, -0.25) is 10.1 Å². The second-order valence-corrected chi connectivity index (χ2v) is 5.25. The van der Waals surface area contributed by atoms with Gasteiger partial charge in [0.15, 0.2) is 0 Å². The van der Waals surface area contributed by atoms with Crippen LogP contribution in [0.15, 0.2) is 18.2 Å². The van der Waals surface area contributed by atoms with Crippen molar-refractivity contribution in [2.24, 2.45) is 0 Å². The molecule has 112 valence electrons. The molecule has 0 saturated carbocycles. The number of nitrogens with one attached hydrogen (secondary N) is 1. The normalized spacial score (nSPS) is 14.0. The van der Waals surface area contributed by atoms with E-state index in [0.717, 1.165) is 0 Å². The van der Waals surface area contributed by atoms with Gasteiger partial charge in [-0.2, -0.15) is 0 Å². The molecule has 1 unspecified atom stereocenters. The lowest BCUT2D eigenvalue weighted by Gasteiger charge is -2.23. The molecule has 0 amide bonds. The third-order valence-corrected chi connectivity index (χ3v) is 3.30. The minimum absolute atomic E-state index is 0.0264. The van der Waals surface area contributed by atoms with E-state index in [0.29, 0.717) is 30.2 Å². The number of rotatable bonds is 8. The van der Waals surface area contributed by atoms with Crippen molar-refractivity contribution in [2.75, 3.05) is 20.3 Å². The SMILES string of the molecule is COCCC(C)(O)CNCc1c(Cl)cccc1[N+](=O)[O-]. The van der Waals surface area contributed by atoms with Crippen LogP contribution >= 0.6 is 11.6 Å². The Bertz CT molecular complexity index is 466. The highest BCUT2D eigenvalue weighted by Crippen LogP contribution is 2.26. The van der Waals surface area contributed by atoms with Gasteiger partial charge in [-0.25, -0.2) is 0 Å². The lowest BCUT2D eigenvalue weighted by Crippen LogP contribution is -2.38. The van der Waals surface area contributed by atoms with Gasteiger partial charge >= 0.3 is 0 Å². The first-order valence-electron chi connectivity index (χ1n) is 6.21. The molecule has 0 heterocycles. The van der Waals surface area contributed by atoms with Crippen LogP contribution in [0.25, 0.3) is 0 Å². The summed E-state index contributed by atoms with van der Waals surface area (Å²) in [5.41, 5.74) is -0.547. The number of aliphatic hydroxyl groups is 1. The van der Waals surface area contributed by atoms with E-state index < -0.39 is 10.5 Å². The zero-order valence-electron chi connectivity index (χ0n) is 11.6. The van der Waals surface area contributed by atoms with Crippen LogP contribution in [0.4, 0.5) is 5.69 Å². The van der Waals surface area contributed by atoms with E-state index in [1.807, 2.05) is 0 Å². The van der Waals surface area contributed by atoms with Crippen molar-refractivity contribution in [3.8, 4) is 0 Å². The summed E-state index contributed by atoms with van der Waals surface area (Å²) in [6.07, 6.45) is 0.473. The first-order chi connectivity index (χ1) is 9.37. The zero-order chi connectivity index (χ0) is 15.2. The minimum Gasteiger partial charge on any atom is -0.389 e. The number of methoxy groups -OCH3 is 1. The average molecular weight is 303 g/mol. The Morgan fingerprint density at radius 1 is 1.55 bits per heavy atom. The summed E-state index contributed by atoms with van der Waals surface area (Å²) in [7, 11) is 1.57. The minimum atomic E-state index is -0.938. The van der Waals surface area contributed by atoms with Crippen molar-refractivity contribution >= 4 is 17.3 Å². The number of nitro groups is 1. The lowest BCUT2D eigenvalue weighted by atomic mass is 10.0. The Balaban J connectivity index is 2.64. The fourth-order valence-corrected chi connectivity index (χ4v) is 2.00. The molecule has 0 aliphatic heterocycles. The van der Waals surface area contributed by atoms with E-state index in [4.69, 9.17) is 16.3 Å². The van der Waals surface area contributed by atoms with Crippen LogP contribution in [0.3, 0.4) is 0 Å². The highest BCUT2D eigenvalue weighted by molar-refractivity contribution is 6.31. The Morgan fingerprint density at radius 3 is 2.85 bits per heavy atom. The number of hydrogen-bond donors (Lipinski definition) is 2. The third kappa shape index (κ3) is 5.05. The topological polar surface area (TPSA) is 84.6 Å². The molecule has 7 heteroatoms. The molecule has 1 rings (SSSR count). The monoisotopic (exact) mass is 302 g/mol. The quantitative estimate of drug-likeness (QED) is 0.567. The molecule has 0 saturated heterocycles. The van der Waals surface area contributed by atoms with Crippen LogP contribution in [0.2, 0.25) is 5.02 Å². The fourth-order valence-electron chi connectivity index (χ4n) is 1.76. The van der Waals surface area contributed by atoms with Gasteiger partial charge in [0.2, 0.25) is 0 Å². The molecule has 20 heavy (non-hydrogen) atoms. The number of nitro benzene ring substituents is 1. The first-order valence-corrected chi connectivity index (χ1v) is 6.59. The summed E-state index contributed by atoms with van der Waals surface area (Å²) in [5.74, 6) is 0. The average Bonchev–Trinajstić information content (AvgIpc) is 2.38. The number of halogens is 1. The molecular weight excluding hydrogens is 284 g/mol. The van der Waals surface area contributed by atoms with Crippen molar-refractivity contribution in [1.82, 2.24) is 5.32 Å². The predicted molar refractivity (Wildman–Crippen MR) is 76.9 cm³/mol. The summed E-state index contributed by atoms with van der Waals surface area (Å²) in [5, 5.41) is 24.3. The molecule has 0 aromatic heterocycles. The molecule has 1 atom stereocenters. The molecule has 0 radical (unpaired) electrons. The van der Waals surface area contributed by atoms with Gasteiger partial charge in [0.25, 0.3) is 5.69 Å². The van der Waals surface area contributed by atoms with Crippen molar-refractivity contribution in [2.45, 2.75) is 25.5 Å². The van der Waals surface area contributed by atoms with Crippen molar-refractivity contribution in [3.05, 3.63) is 38.9 Å². The Kier molecular flexibility index (Phi) is 6.35. The van der Waals surface area contributed by atoms with E-state index in [1.165, 1.54) is 6.07 Å². The maximum atomic E-state index is 10.9. The number of benzene rings is 1. The van der Waals surface area contributed by atoms with Crippen LogP contribution in [0, 0.1) is 10.1 Å². The van der Waals surface area contributed by atoms with Gasteiger partial charge in [0.1, 0.15) is 0 Å². The number of nitrogens with zero attached hydrogens (tertiary/aromatic N) is 1. The molecule has 0 bridgehead atoms. The Morgan fingerprint density at radius 2 is 2.25 bits per heavy atom. The molecule has 1 aromatic rings. The molecular formula is C13H19ClN2O4. The van der Waals surface area contributed by atoms with Crippen molar-refractivity contribution < 1.29 is 14.8 Å². The maximum Gasteiger partial charge on any atom is 0.275 e. The summed E-state index contributed by atoms with van der Waals surface area (Å²) in [6.45, 7) is 2.64. The second kappa shape index (κ2) is 7.54. The number of hydrogen-bond acceptors (Lipinski definition) is 5. The van der Waals surface area contributed by atoms with Crippen molar-refractivity contribution in [1.29, 1.82) is 0 Å². The Labute approximate surface area is 122 Å². The first kappa shape index (κ1) is 16.8. The smallest absolute Gasteiger partial charge is 0.275 e. The van der Waals surface area contributed by atoms with Crippen LogP contribution < -0.4 is 5.32 Å². The second-order valence-electron chi connectivity index (χ2n) is 4.84. The van der Waals surface area contributed by atoms with Crippen LogP contribution in [-0.4, -0.2) is 35.9 Å². The van der Waals surface area contributed by atoms with Crippen molar-refractivity contribution in [3.63, 3.8) is 0 Å². The van der Waals surface area contributed by atoms with Gasteiger partial charge in [-0.1, -0.05) is 17.7 Å².